The quantitative estimate of drug-likeness (QED) is 0.362. The van der Waals surface area contributed by atoms with Crippen LogP contribution in [0.15, 0.2) is 88.4 Å². The lowest BCUT2D eigenvalue weighted by Gasteiger charge is -2.15. The smallest absolute Gasteiger partial charge is 0.259 e. The number of hydrogen-bond acceptors (Lipinski definition) is 4. The molecule has 1 saturated heterocycles. The highest BCUT2D eigenvalue weighted by Crippen LogP contribution is 2.27. The van der Waals surface area contributed by atoms with E-state index in [1.165, 1.54) is 0 Å². The number of hydrazone groups is 1. The summed E-state index contributed by atoms with van der Waals surface area (Å²) in [6, 6.07) is 25.4. The Balaban J connectivity index is 1.33. The van der Waals surface area contributed by atoms with Crippen LogP contribution in [0.2, 0.25) is 0 Å². The number of halogens is 1. The lowest BCUT2D eigenvalue weighted by atomic mass is 9.99. The average Bonchev–Trinajstić information content (AvgIpc) is 3.20. The van der Waals surface area contributed by atoms with Gasteiger partial charge in [0.05, 0.1) is 6.21 Å². The first-order valence-electron chi connectivity index (χ1n) is 10.7. The highest BCUT2D eigenvalue weighted by atomic mass is 79.9. The van der Waals surface area contributed by atoms with Crippen LogP contribution < -0.4 is 10.2 Å². The number of likely N-dealkylation sites (tertiary alicyclic amines) is 1. The molecule has 168 valence electrons. The number of carbonyl (C=O) groups is 2. The molecule has 2 amide bonds. The summed E-state index contributed by atoms with van der Waals surface area (Å²) in [5.74, 6) is 0.406. The third-order valence-corrected chi connectivity index (χ3v) is 5.92. The molecule has 4 rings (SSSR count). The van der Waals surface area contributed by atoms with E-state index in [0.29, 0.717) is 25.3 Å². The number of amides is 2. The molecule has 1 aliphatic rings. The molecule has 3 aromatic rings. The van der Waals surface area contributed by atoms with Crippen LogP contribution in [-0.4, -0.2) is 36.0 Å². The molecule has 1 aliphatic heterocycles. The average molecular weight is 506 g/mol. The van der Waals surface area contributed by atoms with E-state index in [2.05, 4.69) is 26.5 Å². The van der Waals surface area contributed by atoms with Crippen LogP contribution >= 0.6 is 15.9 Å². The first-order valence-corrected chi connectivity index (χ1v) is 11.5. The molecule has 33 heavy (non-hydrogen) atoms. The van der Waals surface area contributed by atoms with E-state index < -0.39 is 0 Å². The highest BCUT2D eigenvalue weighted by molar-refractivity contribution is 9.10. The van der Waals surface area contributed by atoms with Gasteiger partial charge in [0, 0.05) is 28.9 Å². The molecule has 0 bridgehead atoms. The Kier molecular flexibility index (Phi) is 7.52. The summed E-state index contributed by atoms with van der Waals surface area (Å²) in [6.07, 6.45) is 1.96. The number of ether oxygens (including phenoxy) is 1. The Hall–Kier alpha value is -3.45. The van der Waals surface area contributed by atoms with Gasteiger partial charge in [0.15, 0.2) is 0 Å². The summed E-state index contributed by atoms with van der Waals surface area (Å²) >= 11 is 3.45. The Labute approximate surface area is 201 Å². The van der Waals surface area contributed by atoms with Crippen LogP contribution in [0.1, 0.15) is 29.0 Å². The molecule has 0 unspecified atom stereocenters. The van der Waals surface area contributed by atoms with Crippen molar-refractivity contribution in [3.8, 4) is 5.75 Å². The SMILES string of the molecule is O=C(CN1C[C@@H](c2ccccc2)CC1=O)N/N=C\c1cc(Br)ccc1OCc1ccccc1. The topological polar surface area (TPSA) is 71.0 Å². The van der Waals surface area contributed by atoms with E-state index in [4.69, 9.17) is 4.74 Å². The summed E-state index contributed by atoms with van der Waals surface area (Å²) in [4.78, 5) is 26.3. The minimum atomic E-state index is -0.338. The molecular formula is C26H24BrN3O3. The number of carbonyl (C=O) groups excluding carboxylic acids is 2. The molecular weight excluding hydrogens is 482 g/mol. The van der Waals surface area contributed by atoms with Gasteiger partial charge in [-0.2, -0.15) is 5.10 Å². The van der Waals surface area contributed by atoms with E-state index in [9.17, 15) is 9.59 Å². The highest BCUT2D eigenvalue weighted by Gasteiger charge is 2.31. The monoisotopic (exact) mass is 505 g/mol. The number of benzene rings is 3. The Bertz CT molecular complexity index is 1140. The van der Waals surface area contributed by atoms with Gasteiger partial charge in [-0.25, -0.2) is 5.43 Å². The molecule has 0 aromatic heterocycles. The van der Waals surface area contributed by atoms with Gasteiger partial charge < -0.3 is 9.64 Å². The molecule has 1 N–H and O–H groups in total. The fourth-order valence-electron chi connectivity index (χ4n) is 3.74. The van der Waals surface area contributed by atoms with Gasteiger partial charge in [0.25, 0.3) is 5.91 Å². The molecule has 0 saturated carbocycles. The van der Waals surface area contributed by atoms with Crippen molar-refractivity contribution >= 4 is 34.0 Å². The minimum absolute atomic E-state index is 0.0185. The number of rotatable bonds is 8. The van der Waals surface area contributed by atoms with Crippen LogP contribution in [0, 0.1) is 0 Å². The minimum Gasteiger partial charge on any atom is -0.488 e. The van der Waals surface area contributed by atoms with Gasteiger partial charge in [0.1, 0.15) is 18.9 Å². The summed E-state index contributed by atoms with van der Waals surface area (Å²) in [5, 5.41) is 4.08. The summed E-state index contributed by atoms with van der Waals surface area (Å²) in [5.41, 5.74) is 5.41. The maximum atomic E-state index is 12.4. The van der Waals surface area contributed by atoms with E-state index >= 15 is 0 Å². The predicted molar refractivity (Wildman–Crippen MR) is 131 cm³/mol. The zero-order chi connectivity index (χ0) is 23.0. The second-order valence-corrected chi connectivity index (χ2v) is 8.75. The van der Waals surface area contributed by atoms with Crippen LogP contribution in [0.5, 0.6) is 5.75 Å². The Morgan fingerprint density at radius 2 is 1.82 bits per heavy atom. The molecule has 7 heteroatoms. The molecule has 6 nitrogen and oxygen atoms in total. The summed E-state index contributed by atoms with van der Waals surface area (Å²) in [7, 11) is 0. The molecule has 1 fully saturated rings. The largest absolute Gasteiger partial charge is 0.488 e. The van der Waals surface area contributed by atoms with Crippen molar-refractivity contribution < 1.29 is 14.3 Å². The lowest BCUT2D eigenvalue weighted by molar-refractivity contribution is -0.133. The van der Waals surface area contributed by atoms with Crippen molar-refractivity contribution in [3.63, 3.8) is 0 Å². The van der Waals surface area contributed by atoms with E-state index in [0.717, 1.165) is 21.2 Å². The van der Waals surface area contributed by atoms with E-state index in [1.807, 2.05) is 78.9 Å². The Morgan fingerprint density at radius 1 is 1.09 bits per heavy atom. The molecule has 1 heterocycles. The first kappa shape index (κ1) is 22.7. The molecule has 1 atom stereocenters. The van der Waals surface area contributed by atoms with Crippen molar-refractivity contribution in [3.05, 3.63) is 100 Å². The molecule has 3 aromatic carbocycles. The van der Waals surface area contributed by atoms with Crippen molar-refractivity contribution in [2.75, 3.05) is 13.1 Å². The maximum Gasteiger partial charge on any atom is 0.259 e. The number of nitrogens with zero attached hydrogens (tertiary/aromatic N) is 2. The molecule has 0 aliphatic carbocycles. The van der Waals surface area contributed by atoms with Gasteiger partial charge in [-0.3, -0.25) is 9.59 Å². The van der Waals surface area contributed by atoms with Crippen molar-refractivity contribution in [2.24, 2.45) is 5.10 Å². The third kappa shape index (κ3) is 6.29. The van der Waals surface area contributed by atoms with Gasteiger partial charge in [0.2, 0.25) is 5.91 Å². The van der Waals surface area contributed by atoms with Crippen LogP contribution in [-0.2, 0) is 16.2 Å². The predicted octanol–water partition coefficient (Wildman–Crippen LogP) is 4.49. The van der Waals surface area contributed by atoms with Crippen LogP contribution in [0.3, 0.4) is 0 Å². The standard InChI is InChI=1S/C26H24BrN3O3/c27-23-11-12-24(33-18-19-7-3-1-4-8-19)21(13-23)15-28-29-25(31)17-30-16-22(14-26(30)32)20-9-5-2-6-10-20/h1-13,15,22H,14,16-18H2,(H,29,31)/b28-15-/t22-/m0/s1. The summed E-state index contributed by atoms with van der Waals surface area (Å²) < 4.78 is 6.81. The molecule has 0 spiro atoms. The van der Waals surface area contributed by atoms with E-state index in [1.54, 1.807) is 11.1 Å². The number of hydrogen-bond donors (Lipinski definition) is 1. The molecule has 0 radical (unpaired) electrons. The van der Waals surface area contributed by atoms with Gasteiger partial charge in [-0.15, -0.1) is 0 Å². The first-order chi connectivity index (χ1) is 16.1. The fourth-order valence-corrected chi connectivity index (χ4v) is 4.12. The van der Waals surface area contributed by atoms with Crippen LogP contribution in [0.25, 0.3) is 0 Å². The van der Waals surface area contributed by atoms with Gasteiger partial charge in [-0.1, -0.05) is 76.6 Å². The zero-order valence-corrected chi connectivity index (χ0v) is 19.6. The fraction of sp³-hybridized carbons (Fsp3) is 0.192. The van der Waals surface area contributed by atoms with Gasteiger partial charge in [-0.05, 0) is 29.3 Å². The normalized spacial score (nSPS) is 15.7. The Morgan fingerprint density at radius 3 is 2.58 bits per heavy atom. The van der Waals surface area contributed by atoms with Gasteiger partial charge >= 0.3 is 0 Å². The summed E-state index contributed by atoms with van der Waals surface area (Å²) in [6.45, 7) is 0.938. The number of nitrogens with one attached hydrogen (secondary N) is 1. The lowest BCUT2D eigenvalue weighted by Crippen LogP contribution is -2.36. The van der Waals surface area contributed by atoms with Crippen LogP contribution in [0.4, 0.5) is 0 Å². The second-order valence-electron chi connectivity index (χ2n) is 7.84. The van der Waals surface area contributed by atoms with Crippen molar-refractivity contribution in [2.45, 2.75) is 18.9 Å². The van der Waals surface area contributed by atoms with Crippen molar-refractivity contribution in [1.29, 1.82) is 0 Å². The third-order valence-electron chi connectivity index (χ3n) is 5.42. The van der Waals surface area contributed by atoms with E-state index in [-0.39, 0.29) is 24.3 Å². The van der Waals surface area contributed by atoms with Crippen molar-refractivity contribution in [1.82, 2.24) is 10.3 Å². The zero-order valence-electron chi connectivity index (χ0n) is 18.0. The maximum absolute atomic E-state index is 12.4. The second kappa shape index (κ2) is 10.9.